The molecule has 0 aliphatic carbocycles. The zero-order valence-corrected chi connectivity index (χ0v) is 18.7. The van der Waals surface area contributed by atoms with Gasteiger partial charge in [-0.25, -0.2) is 9.38 Å². The van der Waals surface area contributed by atoms with Gasteiger partial charge in [0, 0.05) is 26.2 Å². The summed E-state index contributed by atoms with van der Waals surface area (Å²) >= 11 is 0. The van der Waals surface area contributed by atoms with Crippen LogP contribution in [0.4, 0.5) is 10.1 Å². The van der Waals surface area contributed by atoms with Gasteiger partial charge < -0.3 is 19.3 Å². The Morgan fingerprint density at radius 1 is 1.09 bits per heavy atom. The average Bonchev–Trinajstić information content (AvgIpc) is 2.84. The highest BCUT2D eigenvalue weighted by Gasteiger charge is 2.42. The molecule has 0 unspecified atom stereocenters. The fourth-order valence-electron chi connectivity index (χ4n) is 4.13. The van der Waals surface area contributed by atoms with E-state index < -0.39 is 23.8 Å². The molecule has 0 spiro atoms. The normalized spacial score (nSPS) is 20.7. The van der Waals surface area contributed by atoms with E-state index >= 15 is 0 Å². The van der Waals surface area contributed by atoms with Crippen molar-refractivity contribution in [3.05, 3.63) is 59.9 Å². The number of rotatable bonds is 5. The van der Waals surface area contributed by atoms with Crippen LogP contribution < -0.4 is 15.0 Å². The lowest BCUT2D eigenvalue weighted by molar-refractivity contribution is -0.153. The van der Waals surface area contributed by atoms with Gasteiger partial charge in [-0.2, -0.15) is 0 Å². The molecule has 9 heteroatoms. The number of nitrogens with one attached hydrogen (secondary N) is 1. The third-order valence-electron chi connectivity index (χ3n) is 5.86. The molecule has 2 aliphatic heterocycles. The minimum absolute atomic E-state index is 0.173. The maximum Gasteiger partial charge on any atom is 0.321 e. The van der Waals surface area contributed by atoms with Crippen LogP contribution in [-0.2, 0) is 14.3 Å². The molecular weight excluding hydrogens is 427 g/mol. The first-order valence-corrected chi connectivity index (χ1v) is 11.0. The number of carbonyl (C=O) groups excluding carboxylic acids is 2. The highest BCUT2D eigenvalue weighted by Crippen LogP contribution is 2.32. The van der Waals surface area contributed by atoms with Gasteiger partial charge in [0.15, 0.2) is 5.92 Å². The topological polar surface area (TPSA) is 83.5 Å². The number of para-hydroxylation sites is 1. The van der Waals surface area contributed by atoms with Crippen molar-refractivity contribution in [3.63, 3.8) is 0 Å². The lowest BCUT2D eigenvalue weighted by Gasteiger charge is -2.39. The summed E-state index contributed by atoms with van der Waals surface area (Å²) in [5, 5.41) is 2.78. The number of anilines is 1. The Hall–Kier alpha value is -3.62. The second-order valence-electron chi connectivity index (χ2n) is 7.82. The summed E-state index contributed by atoms with van der Waals surface area (Å²) in [4.78, 5) is 34.3. The van der Waals surface area contributed by atoms with Crippen molar-refractivity contribution in [3.8, 4) is 5.75 Å². The molecule has 33 heavy (non-hydrogen) atoms. The Labute approximate surface area is 192 Å². The van der Waals surface area contributed by atoms with Gasteiger partial charge in [-0.1, -0.05) is 24.3 Å². The number of aliphatic imine (C=N–C) groups is 1. The molecule has 0 radical (unpaired) electrons. The smallest absolute Gasteiger partial charge is 0.321 e. The van der Waals surface area contributed by atoms with Crippen molar-refractivity contribution >= 4 is 23.5 Å². The van der Waals surface area contributed by atoms with Gasteiger partial charge in [0.1, 0.15) is 17.6 Å². The van der Waals surface area contributed by atoms with Crippen molar-refractivity contribution in [2.45, 2.75) is 13.0 Å². The number of hydrogen-bond donors (Lipinski definition) is 1. The molecule has 1 fully saturated rings. The van der Waals surface area contributed by atoms with Crippen molar-refractivity contribution in [1.82, 2.24) is 10.2 Å². The first kappa shape index (κ1) is 22.6. The van der Waals surface area contributed by atoms with Crippen LogP contribution in [0.1, 0.15) is 18.5 Å². The number of nitrogens with zero attached hydrogens (tertiary/aromatic N) is 3. The monoisotopic (exact) mass is 454 g/mol. The van der Waals surface area contributed by atoms with E-state index in [9.17, 15) is 14.0 Å². The quantitative estimate of drug-likeness (QED) is 0.552. The Bertz CT molecular complexity index is 1040. The third-order valence-corrected chi connectivity index (χ3v) is 5.86. The average molecular weight is 455 g/mol. The molecule has 4 rings (SSSR count). The summed E-state index contributed by atoms with van der Waals surface area (Å²) in [7, 11) is 1.57. The van der Waals surface area contributed by atoms with E-state index in [4.69, 9.17) is 14.5 Å². The molecule has 2 aromatic carbocycles. The van der Waals surface area contributed by atoms with Crippen LogP contribution in [0.5, 0.6) is 5.75 Å². The summed E-state index contributed by atoms with van der Waals surface area (Å²) in [6.07, 6.45) is 0. The van der Waals surface area contributed by atoms with E-state index in [-0.39, 0.29) is 12.4 Å². The van der Waals surface area contributed by atoms with E-state index in [2.05, 4.69) is 5.32 Å². The van der Waals surface area contributed by atoms with Crippen molar-refractivity contribution in [2.24, 2.45) is 10.9 Å². The fourth-order valence-corrected chi connectivity index (χ4v) is 4.13. The van der Waals surface area contributed by atoms with Crippen LogP contribution in [0.3, 0.4) is 0 Å². The first-order chi connectivity index (χ1) is 16.0. The number of benzene rings is 2. The van der Waals surface area contributed by atoms with Crippen LogP contribution in [-0.4, -0.2) is 62.6 Å². The summed E-state index contributed by atoms with van der Waals surface area (Å²) in [5.41, 5.74) is 1.27. The van der Waals surface area contributed by atoms with E-state index in [1.54, 1.807) is 50.4 Å². The molecule has 1 saturated heterocycles. The Balaban J connectivity index is 1.57. The van der Waals surface area contributed by atoms with Gasteiger partial charge in [-0.15, -0.1) is 0 Å². The molecule has 2 aromatic rings. The van der Waals surface area contributed by atoms with Gasteiger partial charge in [0.2, 0.25) is 11.9 Å². The van der Waals surface area contributed by atoms with Crippen LogP contribution in [0.2, 0.25) is 0 Å². The maximum absolute atomic E-state index is 14.2. The van der Waals surface area contributed by atoms with Crippen molar-refractivity contribution in [1.29, 1.82) is 0 Å². The zero-order valence-electron chi connectivity index (χ0n) is 18.7. The molecule has 0 aromatic heterocycles. The number of amides is 1. The predicted molar refractivity (Wildman–Crippen MR) is 122 cm³/mol. The van der Waals surface area contributed by atoms with Crippen LogP contribution in [0.25, 0.3) is 0 Å². The number of carbonyl (C=O) groups is 2. The molecular formula is C24H27FN4O4. The van der Waals surface area contributed by atoms with Gasteiger partial charge in [-0.05, 0) is 36.8 Å². The second kappa shape index (κ2) is 9.89. The predicted octanol–water partition coefficient (Wildman–Crippen LogP) is 2.36. The number of methoxy groups -OCH3 is 1. The lowest BCUT2D eigenvalue weighted by Crippen LogP contribution is -2.57. The van der Waals surface area contributed by atoms with Crippen molar-refractivity contribution < 1.29 is 23.5 Å². The minimum Gasteiger partial charge on any atom is -0.497 e. The molecule has 0 saturated carbocycles. The molecule has 1 N–H and O–H groups in total. The van der Waals surface area contributed by atoms with Gasteiger partial charge >= 0.3 is 5.97 Å². The van der Waals surface area contributed by atoms with Crippen LogP contribution in [0.15, 0.2) is 53.5 Å². The van der Waals surface area contributed by atoms with E-state index in [0.29, 0.717) is 49.1 Å². The molecule has 2 heterocycles. The molecule has 1 amide bonds. The number of guanidine groups is 1. The number of hydrogen-bond acceptors (Lipinski definition) is 7. The number of ether oxygens (including phenoxy) is 2. The number of esters is 1. The Morgan fingerprint density at radius 2 is 1.76 bits per heavy atom. The summed E-state index contributed by atoms with van der Waals surface area (Å²) in [5.74, 6) is -1.32. The fraction of sp³-hybridized carbons (Fsp3) is 0.375. The Kier molecular flexibility index (Phi) is 6.76. The zero-order chi connectivity index (χ0) is 23.4. The largest absolute Gasteiger partial charge is 0.497 e. The summed E-state index contributed by atoms with van der Waals surface area (Å²) in [6, 6.07) is 13.1. The lowest BCUT2D eigenvalue weighted by atomic mass is 9.91. The SMILES string of the molecule is CCOC(=O)[C@H]1C(=O)NC(N2CCN(c3ccccc3F)CC2)=N[C@@H]1c1ccc(OC)cc1. The first-order valence-electron chi connectivity index (χ1n) is 11.0. The Morgan fingerprint density at radius 3 is 2.39 bits per heavy atom. The van der Waals surface area contributed by atoms with Gasteiger partial charge in [0.05, 0.1) is 19.4 Å². The molecule has 2 atom stereocenters. The molecule has 8 nitrogen and oxygen atoms in total. The number of halogens is 1. The molecule has 2 aliphatic rings. The van der Waals surface area contributed by atoms with Gasteiger partial charge in [0.25, 0.3) is 0 Å². The van der Waals surface area contributed by atoms with E-state index in [1.165, 1.54) is 6.07 Å². The molecule has 174 valence electrons. The maximum atomic E-state index is 14.2. The number of piperazine rings is 1. The summed E-state index contributed by atoms with van der Waals surface area (Å²) in [6.45, 7) is 4.12. The van der Waals surface area contributed by atoms with Crippen LogP contribution in [0, 0.1) is 11.7 Å². The van der Waals surface area contributed by atoms with Crippen molar-refractivity contribution in [2.75, 3.05) is 44.8 Å². The third kappa shape index (κ3) is 4.76. The van der Waals surface area contributed by atoms with E-state index in [1.807, 2.05) is 15.9 Å². The molecule has 0 bridgehead atoms. The van der Waals surface area contributed by atoms with Gasteiger partial charge in [-0.3, -0.25) is 14.9 Å². The second-order valence-corrected chi connectivity index (χ2v) is 7.82. The minimum atomic E-state index is -1.08. The standard InChI is InChI=1S/C24H27FN4O4/c1-3-33-23(31)20-21(16-8-10-17(32-2)11-9-16)26-24(27-22(20)30)29-14-12-28(13-15-29)19-7-5-4-6-18(19)25/h4-11,20-21H,3,12-15H2,1-2H3,(H,26,27,30)/t20-,21-/m1/s1. The van der Waals surface area contributed by atoms with E-state index in [0.717, 1.165) is 0 Å². The highest BCUT2D eigenvalue weighted by atomic mass is 19.1. The highest BCUT2D eigenvalue weighted by molar-refractivity contribution is 6.08. The summed E-state index contributed by atoms with van der Waals surface area (Å²) < 4.78 is 24.5. The van der Waals surface area contributed by atoms with Crippen LogP contribution >= 0.6 is 0 Å².